The number of benzene rings is 2. The minimum Gasteiger partial charge on any atom is -0.438 e. The lowest BCUT2D eigenvalue weighted by Gasteiger charge is -2.28. The molecule has 0 spiro atoms. The number of carbonyl (C=O) groups excluding carboxylic acids is 1. The molecule has 3 aromatic rings. The summed E-state index contributed by atoms with van der Waals surface area (Å²) >= 11 is 0. The number of hydrogen-bond acceptors (Lipinski definition) is 7. The Morgan fingerprint density at radius 2 is 1.84 bits per heavy atom. The third kappa shape index (κ3) is 3.93. The summed E-state index contributed by atoms with van der Waals surface area (Å²) in [5.74, 6) is 2.56. The maximum Gasteiger partial charge on any atom is 0.224 e. The van der Waals surface area contributed by atoms with Crippen molar-refractivity contribution in [1.82, 2.24) is 9.97 Å². The maximum absolute atomic E-state index is 12.0. The van der Waals surface area contributed by atoms with Gasteiger partial charge in [0.15, 0.2) is 5.78 Å². The maximum atomic E-state index is 12.0. The van der Waals surface area contributed by atoms with Crippen LogP contribution in [0.1, 0.15) is 33.7 Å². The number of ether oxygens (including phenoxy) is 2. The van der Waals surface area contributed by atoms with Gasteiger partial charge in [-0.3, -0.25) is 4.79 Å². The van der Waals surface area contributed by atoms with Crippen LogP contribution in [0.2, 0.25) is 0 Å². The van der Waals surface area contributed by atoms with E-state index in [4.69, 9.17) is 9.47 Å². The summed E-state index contributed by atoms with van der Waals surface area (Å²) in [7, 11) is 0. The van der Waals surface area contributed by atoms with E-state index in [-0.39, 0.29) is 5.78 Å². The second-order valence-electron chi connectivity index (χ2n) is 7.93. The third-order valence-electron chi connectivity index (χ3n) is 5.80. The zero-order chi connectivity index (χ0) is 22.1. The molecule has 7 heteroatoms. The first kappa shape index (κ1) is 20.2. The van der Waals surface area contributed by atoms with E-state index in [1.807, 2.05) is 37.3 Å². The van der Waals surface area contributed by atoms with Gasteiger partial charge in [-0.25, -0.2) is 4.98 Å². The van der Waals surface area contributed by atoms with Crippen molar-refractivity contribution in [1.29, 1.82) is 5.26 Å². The fourth-order valence-corrected chi connectivity index (χ4v) is 4.18. The van der Waals surface area contributed by atoms with Gasteiger partial charge in [-0.1, -0.05) is 18.2 Å². The van der Waals surface area contributed by atoms with Crippen LogP contribution in [0.25, 0.3) is 11.1 Å². The lowest BCUT2D eigenvalue weighted by atomic mass is 9.98. The van der Waals surface area contributed by atoms with Crippen molar-refractivity contribution in [3.63, 3.8) is 0 Å². The van der Waals surface area contributed by atoms with Crippen molar-refractivity contribution in [3.05, 3.63) is 65.0 Å². The van der Waals surface area contributed by atoms with E-state index < -0.39 is 0 Å². The average molecular weight is 426 g/mol. The number of morpholine rings is 1. The normalized spacial score (nSPS) is 15.4. The summed E-state index contributed by atoms with van der Waals surface area (Å²) < 4.78 is 11.7. The van der Waals surface area contributed by atoms with Gasteiger partial charge in [-0.05, 0) is 42.7 Å². The van der Waals surface area contributed by atoms with Gasteiger partial charge in [0, 0.05) is 36.7 Å². The summed E-state index contributed by atoms with van der Waals surface area (Å²) in [5, 5.41) is 9.42. The summed E-state index contributed by atoms with van der Waals surface area (Å²) in [6.07, 6.45) is 1.31. The number of nitrogens with zero attached hydrogens (tertiary/aromatic N) is 4. The van der Waals surface area contributed by atoms with Crippen molar-refractivity contribution in [2.45, 2.75) is 19.8 Å². The number of aryl methyl sites for hydroxylation is 2. The number of ketones is 1. The van der Waals surface area contributed by atoms with Crippen molar-refractivity contribution in [2.24, 2.45) is 0 Å². The molecule has 160 valence electrons. The van der Waals surface area contributed by atoms with E-state index in [1.54, 1.807) is 12.1 Å². The standard InChI is InChI=1S/C25H22N4O3/c1-16-27-24(29-8-10-31-11-9-29)14-25(28-16)32-23-12-17(15-26)2-5-21(23)19-3-6-20-18(13-19)4-7-22(20)30/h2-3,5-6,12-14H,4,7-11H2,1H3. The first-order valence-electron chi connectivity index (χ1n) is 10.7. The second-order valence-corrected chi connectivity index (χ2v) is 7.93. The SMILES string of the molecule is Cc1nc(Oc2cc(C#N)ccc2-c2ccc3c(c2)CCC3=O)cc(N2CCOCC2)n1. The monoisotopic (exact) mass is 426 g/mol. The van der Waals surface area contributed by atoms with Gasteiger partial charge in [0.25, 0.3) is 0 Å². The molecule has 2 heterocycles. The quantitative estimate of drug-likeness (QED) is 0.621. The summed E-state index contributed by atoms with van der Waals surface area (Å²) in [5.41, 5.74) is 4.13. The molecule has 5 rings (SSSR count). The zero-order valence-corrected chi connectivity index (χ0v) is 17.8. The molecule has 1 saturated heterocycles. The van der Waals surface area contributed by atoms with E-state index in [2.05, 4.69) is 20.9 Å². The number of rotatable bonds is 4. The van der Waals surface area contributed by atoms with Gasteiger partial charge in [0.05, 0.1) is 24.8 Å². The number of aromatic nitrogens is 2. The van der Waals surface area contributed by atoms with Crippen LogP contribution >= 0.6 is 0 Å². The fourth-order valence-electron chi connectivity index (χ4n) is 4.18. The van der Waals surface area contributed by atoms with Crippen molar-refractivity contribution in [3.8, 4) is 28.8 Å². The smallest absolute Gasteiger partial charge is 0.224 e. The average Bonchev–Trinajstić information content (AvgIpc) is 3.19. The van der Waals surface area contributed by atoms with E-state index in [0.29, 0.717) is 42.7 Å². The summed E-state index contributed by atoms with van der Waals surface area (Å²) in [6, 6.07) is 15.2. The van der Waals surface area contributed by atoms with Crippen LogP contribution in [0.4, 0.5) is 5.82 Å². The molecule has 0 N–H and O–H groups in total. The van der Waals surface area contributed by atoms with Crippen LogP contribution in [0, 0.1) is 18.3 Å². The van der Waals surface area contributed by atoms with Gasteiger partial charge >= 0.3 is 0 Å². The van der Waals surface area contributed by atoms with Gasteiger partial charge in [-0.2, -0.15) is 10.2 Å². The fraction of sp³-hybridized carbons (Fsp3) is 0.280. The van der Waals surface area contributed by atoms with E-state index in [1.165, 1.54) is 0 Å². The first-order chi connectivity index (χ1) is 15.6. The highest BCUT2D eigenvalue weighted by Crippen LogP contribution is 2.36. The molecule has 1 fully saturated rings. The van der Waals surface area contributed by atoms with Gasteiger partial charge < -0.3 is 14.4 Å². The molecule has 0 amide bonds. The Kier molecular flexibility index (Phi) is 5.29. The molecule has 1 aliphatic carbocycles. The Labute approximate surface area is 186 Å². The highest BCUT2D eigenvalue weighted by atomic mass is 16.5. The van der Waals surface area contributed by atoms with E-state index >= 15 is 0 Å². The number of hydrogen-bond donors (Lipinski definition) is 0. The number of carbonyl (C=O) groups is 1. The van der Waals surface area contributed by atoms with Crippen molar-refractivity contribution in [2.75, 3.05) is 31.2 Å². The highest BCUT2D eigenvalue weighted by Gasteiger charge is 2.21. The third-order valence-corrected chi connectivity index (χ3v) is 5.80. The lowest BCUT2D eigenvalue weighted by Crippen LogP contribution is -2.36. The molecule has 0 atom stereocenters. The largest absolute Gasteiger partial charge is 0.438 e. The Morgan fingerprint density at radius 3 is 2.66 bits per heavy atom. The molecule has 0 saturated carbocycles. The van der Waals surface area contributed by atoms with Crippen LogP contribution in [-0.4, -0.2) is 42.1 Å². The highest BCUT2D eigenvalue weighted by molar-refractivity contribution is 6.01. The second kappa shape index (κ2) is 8.40. The number of nitriles is 1. The first-order valence-corrected chi connectivity index (χ1v) is 10.7. The molecular formula is C25H22N4O3. The number of Topliss-reactive ketones (excluding diaryl/α,β-unsaturated/α-hetero) is 1. The Morgan fingerprint density at radius 1 is 1.03 bits per heavy atom. The molecule has 0 unspecified atom stereocenters. The van der Waals surface area contributed by atoms with Gasteiger partial charge in [-0.15, -0.1) is 0 Å². The minimum atomic E-state index is 0.190. The number of fused-ring (bicyclic) bond motifs is 1. The molecular weight excluding hydrogens is 404 g/mol. The lowest BCUT2D eigenvalue weighted by molar-refractivity contribution is 0.0994. The predicted octanol–water partition coefficient (Wildman–Crippen LogP) is 4.08. The molecule has 2 aromatic carbocycles. The summed E-state index contributed by atoms with van der Waals surface area (Å²) in [6.45, 7) is 4.68. The molecule has 1 aromatic heterocycles. The number of anilines is 1. The zero-order valence-electron chi connectivity index (χ0n) is 17.8. The molecule has 0 radical (unpaired) electrons. The van der Waals surface area contributed by atoms with Crippen molar-refractivity contribution >= 4 is 11.6 Å². The van der Waals surface area contributed by atoms with Crippen LogP contribution in [0.5, 0.6) is 11.6 Å². The molecule has 2 aliphatic rings. The van der Waals surface area contributed by atoms with E-state index in [0.717, 1.165) is 47.6 Å². The molecule has 1 aliphatic heterocycles. The van der Waals surface area contributed by atoms with Gasteiger partial charge in [0.2, 0.25) is 5.88 Å². The van der Waals surface area contributed by atoms with Crippen LogP contribution in [0.15, 0.2) is 42.5 Å². The topological polar surface area (TPSA) is 88.3 Å². The molecule has 7 nitrogen and oxygen atoms in total. The Hall–Kier alpha value is -3.76. The Balaban J connectivity index is 1.52. The van der Waals surface area contributed by atoms with Crippen LogP contribution < -0.4 is 9.64 Å². The van der Waals surface area contributed by atoms with E-state index in [9.17, 15) is 10.1 Å². The summed E-state index contributed by atoms with van der Waals surface area (Å²) in [4.78, 5) is 23.2. The van der Waals surface area contributed by atoms with Crippen LogP contribution in [0.3, 0.4) is 0 Å². The molecule has 32 heavy (non-hydrogen) atoms. The Bertz CT molecular complexity index is 1240. The minimum absolute atomic E-state index is 0.190. The molecule has 0 bridgehead atoms. The predicted molar refractivity (Wildman–Crippen MR) is 119 cm³/mol. The van der Waals surface area contributed by atoms with Gasteiger partial charge in [0.1, 0.15) is 17.4 Å². The van der Waals surface area contributed by atoms with Crippen molar-refractivity contribution < 1.29 is 14.3 Å². The van der Waals surface area contributed by atoms with Crippen LogP contribution in [-0.2, 0) is 11.2 Å².